The highest BCUT2D eigenvalue weighted by molar-refractivity contribution is 7.89. The summed E-state index contributed by atoms with van der Waals surface area (Å²) < 4.78 is 31.9. The van der Waals surface area contributed by atoms with Gasteiger partial charge in [-0.05, 0) is 51.1 Å². The Bertz CT molecular complexity index is 928. The summed E-state index contributed by atoms with van der Waals surface area (Å²) in [5.41, 5.74) is 1.34. The number of benzene rings is 2. The first-order valence-electron chi connectivity index (χ1n) is 9.48. The van der Waals surface area contributed by atoms with Crippen molar-refractivity contribution >= 4 is 27.3 Å². The smallest absolute Gasteiger partial charge is 0.246 e. The Morgan fingerprint density at radius 2 is 1.76 bits per heavy atom. The Kier molecular flexibility index (Phi) is 7.64. The van der Waals surface area contributed by atoms with Gasteiger partial charge in [0.1, 0.15) is 10.6 Å². The summed E-state index contributed by atoms with van der Waals surface area (Å²) in [6.07, 6.45) is 0. The van der Waals surface area contributed by atoms with Crippen molar-refractivity contribution in [3.05, 3.63) is 48.5 Å². The number of sulfonamides is 1. The van der Waals surface area contributed by atoms with Gasteiger partial charge in [0.25, 0.3) is 0 Å². The lowest BCUT2D eigenvalue weighted by molar-refractivity contribution is -0.117. The Hall–Kier alpha value is -2.58. The zero-order chi connectivity index (χ0) is 21.6. The maximum Gasteiger partial charge on any atom is 0.246 e. The van der Waals surface area contributed by atoms with Crippen LogP contribution in [0.3, 0.4) is 0 Å². The average Bonchev–Trinajstić information content (AvgIpc) is 2.67. The SMILES string of the molecule is CCOc1ccc(NCC(=O)N(c2ccccc2)C(C)C)cc1S(=O)(=O)N(C)C. The van der Waals surface area contributed by atoms with E-state index in [4.69, 9.17) is 4.74 Å². The van der Waals surface area contributed by atoms with Crippen LogP contribution in [-0.2, 0) is 14.8 Å². The van der Waals surface area contributed by atoms with Gasteiger partial charge in [-0.3, -0.25) is 4.79 Å². The zero-order valence-electron chi connectivity index (χ0n) is 17.5. The number of ether oxygens (including phenoxy) is 1. The highest BCUT2D eigenvalue weighted by atomic mass is 32.2. The van der Waals surface area contributed by atoms with E-state index in [0.717, 1.165) is 9.99 Å². The number of nitrogens with zero attached hydrogens (tertiary/aromatic N) is 2. The lowest BCUT2D eigenvalue weighted by Crippen LogP contribution is -2.40. The van der Waals surface area contributed by atoms with Gasteiger partial charge >= 0.3 is 0 Å². The molecular weight excluding hydrogens is 390 g/mol. The average molecular weight is 420 g/mol. The van der Waals surface area contributed by atoms with Crippen LogP contribution in [0.2, 0.25) is 0 Å². The molecule has 0 atom stereocenters. The van der Waals surface area contributed by atoms with Crippen molar-refractivity contribution in [2.75, 3.05) is 37.5 Å². The monoisotopic (exact) mass is 419 g/mol. The summed E-state index contributed by atoms with van der Waals surface area (Å²) in [6, 6.07) is 14.2. The quantitative estimate of drug-likeness (QED) is 0.675. The Morgan fingerprint density at radius 3 is 2.31 bits per heavy atom. The Balaban J connectivity index is 2.25. The molecule has 0 unspecified atom stereocenters. The number of carbonyl (C=O) groups is 1. The summed E-state index contributed by atoms with van der Waals surface area (Å²) in [6.45, 7) is 6.07. The topological polar surface area (TPSA) is 79.0 Å². The molecule has 0 saturated carbocycles. The molecule has 0 saturated heterocycles. The van der Waals surface area contributed by atoms with E-state index in [2.05, 4.69) is 5.32 Å². The molecule has 0 fully saturated rings. The van der Waals surface area contributed by atoms with Crippen LogP contribution in [0.15, 0.2) is 53.4 Å². The third kappa shape index (κ3) is 5.48. The van der Waals surface area contributed by atoms with Crippen molar-refractivity contribution in [1.82, 2.24) is 4.31 Å². The highest BCUT2D eigenvalue weighted by Gasteiger charge is 2.23. The van der Waals surface area contributed by atoms with Gasteiger partial charge in [-0.2, -0.15) is 0 Å². The van der Waals surface area contributed by atoms with E-state index in [-0.39, 0.29) is 29.1 Å². The molecular formula is C21H29N3O4S. The van der Waals surface area contributed by atoms with Crippen molar-refractivity contribution in [1.29, 1.82) is 0 Å². The molecule has 0 bridgehead atoms. The van der Waals surface area contributed by atoms with Crippen LogP contribution < -0.4 is 15.0 Å². The fourth-order valence-corrected chi connectivity index (χ4v) is 3.92. The van der Waals surface area contributed by atoms with E-state index in [1.54, 1.807) is 24.0 Å². The first kappa shape index (κ1) is 22.7. The number of hydrogen-bond acceptors (Lipinski definition) is 5. The maximum atomic E-state index is 12.8. The standard InChI is InChI=1S/C21H29N3O4S/c1-6-28-19-13-12-17(14-20(19)29(26,27)23(4)5)22-15-21(25)24(16(2)3)18-10-8-7-9-11-18/h7-14,16,22H,6,15H2,1-5H3. The molecule has 2 rings (SSSR count). The van der Waals surface area contributed by atoms with Crippen LogP contribution in [-0.4, -0.2) is 51.9 Å². The van der Waals surface area contributed by atoms with E-state index >= 15 is 0 Å². The molecule has 0 radical (unpaired) electrons. The predicted molar refractivity (Wildman–Crippen MR) is 116 cm³/mol. The lowest BCUT2D eigenvalue weighted by Gasteiger charge is -2.27. The maximum absolute atomic E-state index is 12.8. The molecule has 0 heterocycles. The Labute approximate surface area is 173 Å². The van der Waals surface area contributed by atoms with Crippen LogP contribution in [0.5, 0.6) is 5.75 Å². The van der Waals surface area contributed by atoms with E-state index in [9.17, 15) is 13.2 Å². The number of hydrogen-bond donors (Lipinski definition) is 1. The Morgan fingerprint density at radius 1 is 1.10 bits per heavy atom. The summed E-state index contributed by atoms with van der Waals surface area (Å²) in [4.78, 5) is 14.6. The normalized spacial score (nSPS) is 11.6. The first-order chi connectivity index (χ1) is 13.7. The molecule has 1 amide bonds. The van der Waals surface area contributed by atoms with Crippen molar-refractivity contribution in [3.63, 3.8) is 0 Å². The first-order valence-corrected chi connectivity index (χ1v) is 10.9. The fourth-order valence-electron chi connectivity index (χ4n) is 2.87. The zero-order valence-corrected chi connectivity index (χ0v) is 18.4. The second-order valence-corrected chi connectivity index (χ2v) is 9.05. The number of rotatable bonds is 9. The lowest BCUT2D eigenvalue weighted by atomic mass is 10.2. The van der Waals surface area contributed by atoms with Crippen LogP contribution in [0.4, 0.5) is 11.4 Å². The molecule has 0 aliphatic carbocycles. The van der Waals surface area contributed by atoms with E-state index in [1.165, 1.54) is 20.2 Å². The van der Waals surface area contributed by atoms with Crippen LogP contribution in [0.1, 0.15) is 20.8 Å². The third-order valence-corrected chi connectivity index (χ3v) is 6.10. The molecule has 7 nitrogen and oxygen atoms in total. The van der Waals surface area contributed by atoms with Gasteiger partial charge in [-0.1, -0.05) is 18.2 Å². The van der Waals surface area contributed by atoms with Crippen LogP contribution in [0, 0.1) is 0 Å². The molecule has 0 aliphatic heterocycles. The second kappa shape index (κ2) is 9.76. The minimum absolute atomic E-state index is 0.0169. The molecule has 158 valence electrons. The number of para-hydroxylation sites is 1. The van der Waals surface area contributed by atoms with Crippen molar-refractivity contribution in [2.45, 2.75) is 31.7 Å². The van der Waals surface area contributed by atoms with Crippen molar-refractivity contribution in [2.24, 2.45) is 0 Å². The third-order valence-electron chi connectivity index (χ3n) is 4.27. The number of carbonyl (C=O) groups excluding carboxylic acids is 1. The van der Waals surface area contributed by atoms with Gasteiger partial charge in [0.15, 0.2) is 0 Å². The molecule has 8 heteroatoms. The highest BCUT2D eigenvalue weighted by Crippen LogP contribution is 2.29. The minimum Gasteiger partial charge on any atom is -0.492 e. The van der Waals surface area contributed by atoms with Gasteiger partial charge in [0.05, 0.1) is 13.2 Å². The van der Waals surface area contributed by atoms with Gasteiger partial charge in [-0.25, -0.2) is 12.7 Å². The predicted octanol–water partition coefficient (Wildman–Crippen LogP) is 3.19. The largest absolute Gasteiger partial charge is 0.492 e. The van der Waals surface area contributed by atoms with E-state index in [1.807, 2.05) is 44.2 Å². The number of nitrogens with one attached hydrogen (secondary N) is 1. The van der Waals surface area contributed by atoms with Crippen molar-refractivity contribution < 1.29 is 17.9 Å². The van der Waals surface area contributed by atoms with Gasteiger partial charge in [-0.15, -0.1) is 0 Å². The van der Waals surface area contributed by atoms with Gasteiger partial charge in [0, 0.05) is 31.5 Å². The molecule has 0 aromatic heterocycles. The summed E-state index contributed by atoms with van der Waals surface area (Å²) in [5, 5.41) is 3.04. The van der Waals surface area contributed by atoms with Crippen LogP contribution >= 0.6 is 0 Å². The molecule has 0 aliphatic rings. The van der Waals surface area contributed by atoms with E-state index < -0.39 is 10.0 Å². The van der Waals surface area contributed by atoms with Crippen LogP contribution in [0.25, 0.3) is 0 Å². The minimum atomic E-state index is -3.69. The summed E-state index contributed by atoms with van der Waals surface area (Å²) >= 11 is 0. The summed E-state index contributed by atoms with van der Waals surface area (Å²) in [7, 11) is -0.756. The molecule has 2 aromatic carbocycles. The molecule has 2 aromatic rings. The van der Waals surface area contributed by atoms with E-state index in [0.29, 0.717) is 12.3 Å². The molecule has 1 N–H and O–H groups in total. The molecule has 0 spiro atoms. The number of anilines is 2. The molecule has 29 heavy (non-hydrogen) atoms. The summed E-state index contributed by atoms with van der Waals surface area (Å²) in [5.74, 6) is 0.170. The fraction of sp³-hybridized carbons (Fsp3) is 0.381. The number of amides is 1. The second-order valence-electron chi connectivity index (χ2n) is 6.93. The van der Waals surface area contributed by atoms with Gasteiger partial charge in [0.2, 0.25) is 15.9 Å². The van der Waals surface area contributed by atoms with Gasteiger partial charge < -0.3 is 15.0 Å². The van der Waals surface area contributed by atoms with Crippen molar-refractivity contribution in [3.8, 4) is 5.75 Å².